The first-order valence-electron chi connectivity index (χ1n) is 5.06. The molecule has 1 aliphatic rings. The maximum absolute atomic E-state index is 11.5. The topological polar surface area (TPSA) is 86.2 Å². The second-order valence-electron chi connectivity index (χ2n) is 3.81. The molecule has 0 heterocycles. The molecule has 0 bridgehead atoms. The van der Waals surface area contributed by atoms with Crippen molar-refractivity contribution in [1.82, 2.24) is 0 Å². The quantitative estimate of drug-likeness (QED) is 0.732. The molecule has 91 valence electrons. The van der Waals surface area contributed by atoms with Crippen LogP contribution < -0.4 is 11.5 Å². The van der Waals surface area contributed by atoms with Gasteiger partial charge in [0.2, 0.25) is 0 Å². The summed E-state index contributed by atoms with van der Waals surface area (Å²) in [6.07, 6.45) is 3.57. The van der Waals surface area contributed by atoms with Gasteiger partial charge in [-0.1, -0.05) is 0 Å². The van der Waals surface area contributed by atoms with Crippen molar-refractivity contribution in [2.24, 2.45) is 11.5 Å². The predicted molar refractivity (Wildman–Crippen MR) is 54.7 cm³/mol. The van der Waals surface area contributed by atoms with Crippen molar-refractivity contribution >= 4 is 8.51 Å². The van der Waals surface area contributed by atoms with Gasteiger partial charge in [-0.15, -0.1) is 0 Å². The molecule has 5 heteroatoms. The molecule has 0 amide bonds. The van der Waals surface area contributed by atoms with Gasteiger partial charge in [-0.2, -0.15) is 0 Å². The van der Waals surface area contributed by atoms with Crippen LogP contribution in [0, 0.1) is 0 Å². The molecular formula is C10H19N2O2Pd. The summed E-state index contributed by atoms with van der Waals surface area (Å²) in [6.45, 7) is 2.94. The Morgan fingerprint density at radius 3 is 2.20 bits per heavy atom. The number of carbonyl (C=O) groups is 2. The van der Waals surface area contributed by atoms with E-state index in [1.807, 2.05) is 0 Å². The van der Waals surface area contributed by atoms with E-state index in [0.29, 0.717) is 6.42 Å². The third kappa shape index (κ3) is 2.54. The second-order valence-corrected chi connectivity index (χ2v) is 8.61. The summed E-state index contributed by atoms with van der Waals surface area (Å²) in [5.41, 5.74) is 12.2. The zero-order valence-electron chi connectivity index (χ0n) is 9.19. The molecular weight excluding hydrogens is 287 g/mol. The molecule has 2 atom stereocenters. The van der Waals surface area contributed by atoms with Gasteiger partial charge in [0.1, 0.15) is 0 Å². The summed E-state index contributed by atoms with van der Waals surface area (Å²) < 4.78 is -0.802. The van der Waals surface area contributed by atoms with E-state index in [-0.39, 0.29) is 14.6 Å². The van der Waals surface area contributed by atoms with Crippen molar-refractivity contribution in [3.63, 3.8) is 0 Å². The van der Waals surface area contributed by atoms with Crippen LogP contribution in [0.1, 0.15) is 39.5 Å². The van der Waals surface area contributed by atoms with Gasteiger partial charge in [0.05, 0.1) is 0 Å². The van der Waals surface area contributed by atoms with Gasteiger partial charge >= 0.3 is 95.9 Å². The van der Waals surface area contributed by atoms with E-state index in [9.17, 15) is 9.59 Å². The number of hydrogen-bond acceptors (Lipinski definition) is 4. The van der Waals surface area contributed by atoms with Crippen molar-refractivity contribution in [3.8, 4) is 0 Å². The van der Waals surface area contributed by atoms with Gasteiger partial charge in [-0.3, -0.25) is 0 Å². The predicted octanol–water partition coefficient (Wildman–Crippen LogP) is 0.254. The van der Waals surface area contributed by atoms with Crippen molar-refractivity contribution in [3.05, 3.63) is 0 Å². The third-order valence-electron chi connectivity index (χ3n) is 2.64. The van der Waals surface area contributed by atoms with Crippen molar-refractivity contribution in [2.75, 3.05) is 0 Å². The van der Waals surface area contributed by atoms with E-state index in [4.69, 9.17) is 11.5 Å². The molecule has 0 aliphatic heterocycles. The molecule has 0 saturated heterocycles. The Labute approximate surface area is 96.1 Å². The Morgan fingerprint density at radius 2 is 1.80 bits per heavy atom. The van der Waals surface area contributed by atoms with Gasteiger partial charge in [0.25, 0.3) is 0 Å². The molecule has 1 aliphatic carbocycles. The first-order chi connectivity index (χ1) is 6.89. The molecule has 0 radical (unpaired) electrons. The summed E-state index contributed by atoms with van der Waals surface area (Å²) in [6, 6.07) is -0.194. The molecule has 2 unspecified atom stereocenters. The summed E-state index contributed by atoms with van der Waals surface area (Å²) in [4.78, 5) is 23.1. The molecule has 1 fully saturated rings. The van der Waals surface area contributed by atoms with Gasteiger partial charge in [0, 0.05) is 0 Å². The summed E-state index contributed by atoms with van der Waals surface area (Å²) >= 11 is -2.01. The number of nitrogens with two attached hydrogens (primary N) is 2. The molecule has 0 aromatic heterocycles. The summed E-state index contributed by atoms with van der Waals surface area (Å²) in [5, 5.41) is 0. The molecule has 1 rings (SSSR count). The minimum absolute atomic E-state index is 0.0478. The van der Waals surface area contributed by atoms with Crippen molar-refractivity contribution < 1.29 is 26.3 Å². The Hall–Kier alpha value is -0.0777. The zero-order valence-corrected chi connectivity index (χ0v) is 10.7. The van der Waals surface area contributed by atoms with Crippen LogP contribution in [0.3, 0.4) is 0 Å². The average molecular weight is 306 g/mol. The zero-order chi connectivity index (χ0) is 11.6. The Morgan fingerprint density at radius 1 is 1.27 bits per heavy atom. The normalized spacial score (nSPS) is 32.3. The molecule has 0 spiro atoms. The molecule has 1 saturated carbocycles. The Bertz CT molecular complexity index is 269. The monoisotopic (exact) mass is 305 g/mol. The van der Waals surface area contributed by atoms with Gasteiger partial charge < -0.3 is 0 Å². The van der Waals surface area contributed by atoms with Gasteiger partial charge in [-0.05, 0) is 0 Å². The van der Waals surface area contributed by atoms with Crippen molar-refractivity contribution in [1.29, 1.82) is 0 Å². The minimum atomic E-state index is -2.01. The average Bonchev–Trinajstić information content (AvgIpc) is 2.08. The van der Waals surface area contributed by atoms with Gasteiger partial charge in [-0.25, -0.2) is 0 Å². The van der Waals surface area contributed by atoms with Crippen LogP contribution in [0.2, 0.25) is 0 Å². The molecule has 4 N–H and O–H groups in total. The second kappa shape index (κ2) is 4.84. The Balaban J connectivity index is 2.98. The first-order valence-corrected chi connectivity index (χ1v) is 7.39. The number of rotatable bonds is 3. The summed E-state index contributed by atoms with van der Waals surface area (Å²) in [7, 11) is 0. The number of carbonyl (C=O) groups excluding carboxylic acids is 2. The van der Waals surface area contributed by atoms with Crippen molar-refractivity contribution in [2.45, 2.75) is 49.6 Å². The van der Waals surface area contributed by atoms with Crippen LogP contribution in [0.15, 0.2) is 0 Å². The van der Waals surface area contributed by atoms with E-state index in [1.165, 1.54) is 13.8 Å². The van der Waals surface area contributed by atoms with Crippen LogP contribution >= 0.6 is 0 Å². The first kappa shape index (κ1) is 13.0. The fourth-order valence-corrected chi connectivity index (χ4v) is 6.21. The SMILES string of the molecule is C[C](=O)[Pd]([C](C)=O)[C]1(N)CCCCC1N. The van der Waals surface area contributed by atoms with E-state index in [0.717, 1.165) is 19.3 Å². The fourth-order valence-electron chi connectivity index (χ4n) is 1.93. The van der Waals surface area contributed by atoms with E-state index in [1.54, 1.807) is 0 Å². The van der Waals surface area contributed by atoms with E-state index in [2.05, 4.69) is 0 Å². The van der Waals surface area contributed by atoms with Crippen LogP contribution in [-0.4, -0.2) is 18.6 Å². The van der Waals surface area contributed by atoms with E-state index < -0.39 is 20.8 Å². The molecule has 4 nitrogen and oxygen atoms in total. The maximum atomic E-state index is 11.5. The third-order valence-corrected chi connectivity index (χ3v) is 7.24. The fraction of sp³-hybridized carbons (Fsp3) is 0.800. The van der Waals surface area contributed by atoms with Crippen LogP contribution in [0.4, 0.5) is 0 Å². The summed E-state index contributed by atoms with van der Waals surface area (Å²) in [5.74, 6) is 0. The molecule has 0 aromatic rings. The van der Waals surface area contributed by atoms with Crippen LogP contribution in [-0.2, 0) is 26.3 Å². The standard InChI is InChI=1S/C6H13N2.2C2H3O.Pd/c7-5-3-1-2-4-6(5)8;2*1-2-3;/h5H,1-4,7-8H2;2*1H3;. The molecule has 0 aromatic carbocycles. The van der Waals surface area contributed by atoms with Crippen LogP contribution in [0.5, 0.6) is 0 Å². The molecule has 15 heavy (non-hydrogen) atoms. The Kier molecular flexibility index (Phi) is 4.19. The van der Waals surface area contributed by atoms with Crippen LogP contribution in [0.25, 0.3) is 0 Å². The number of hydrogen-bond donors (Lipinski definition) is 2. The van der Waals surface area contributed by atoms with Gasteiger partial charge in [0.15, 0.2) is 0 Å². The van der Waals surface area contributed by atoms with E-state index >= 15 is 0 Å².